The van der Waals surface area contributed by atoms with E-state index in [1.165, 1.54) is 6.92 Å². The molecule has 0 fully saturated rings. The maximum atomic E-state index is 11.9. The minimum atomic E-state index is -4.17. The van der Waals surface area contributed by atoms with Crippen molar-refractivity contribution in [3.05, 3.63) is 0 Å². The van der Waals surface area contributed by atoms with E-state index < -0.39 is 24.6 Å². The summed E-state index contributed by atoms with van der Waals surface area (Å²) in [5.41, 5.74) is 0. The van der Waals surface area contributed by atoms with Crippen molar-refractivity contribution >= 4 is 5.97 Å². The van der Waals surface area contributed by atoms with Crippen LogP contribution in [0.3, 0.4) is 0 Å². The van der Waals surface area contributed by atoms with Gasteiger partial charge in [-0.15, -0.1) is 0 Å². The maximum absolute atomic E-state index is 11.9. The van der Waals surface area contributed by atoms with Gasteiger partial charge in [-0.1, -0.05) is 0 Å². The molecule has 1 N–H and O–H groups in total. The van der Waals surface area contributed by atoms with Crippen LogP contribution < -0.4 is 5.32 Å². The molecule has 1 atom stereocenters. The van der Waals surface area contributed by atoms with Crippen LogP contribution in [-0.4, -0.2) is 31.3 Å². The lowest BCUT2D eigenvalue weighted by molar-refractivity contribution is -0.143. The third-order valence-corrected chi connectivity index (χ3v) is 1.66. The molecule has 0 amide bonds. The minimum Gasteiger partial charge on any atom is -0.466 e. The van der Waals surface area contributed by atoms with Crippen molar-refractivity contribution in [3.8, 4) is 0 Å². The first-order valence-corrected chi connectivity index (χ1v) is 4.81. The number of hydrogen-bond donors (Lipinski definition) is 1. The maximum Gasteiger partial charge on any atom is 0.390 e. The van der Waals surface area contributed by atoms with Crippen LogP contribution in [0.2, 0.25) is 0 Å². The predicted octanol–water partition coefficient (Wildman–Crippen LogP) is 1.87. The second-order valence-electron chi connectivity index (χ2n) is 3.23. The molecule has 0 saturated carbocycles. The number of ether oxygens (including phenoxy) is 1. The van der Waals surface area contributed by atoms with E-state index in [0.717, 1.165) is 0 Å². The van der Waals surface area contributed by atoms with Crippen LogP contribution in [0.4, 0.5) is 13.2 Å². The van der Waals surface area contributed by atoms with Crippen molar-refractivity contribution < 1.29 is 22.7 Å². The normalized spacial score (nSPS) is 13.7. The number of rotatable bonds is 6. The molecule has 6 heteroatoms. The third kappa shape index (κ3) is 9.52. The molecule has 0 bridgehead atoms. The summed E-state index contributed by atoms with van der Waals surface area (Å²) in [5, 5.41) is 2.61. The van der Waals surface area contributed by atoms with E-state index in [2.05, 4.69) is 10.1 Å². The lowest BCUT2D eigenvalue weighted by Crippen LogP contribution is -2.32. The fourth-order valence-corrected chi connectivity index (χ4v) is 1.07. The van der Waals surface area contributed by atoms with Gasteiger partial charge in [0.15, 0.2) is 0 Å². The van der Waals surface area contributed by atoms with E-state index in [9.17, 15) is 18.0 Å². The Bertz CT molecular complexity index is 194. The summed E-state index contributed by atoms with van der Waals surface area (Å²) in [6, 6.07) is -0.681. The van der Waals surface area contributed by atoms with Crippen LogP contribution in [0.5, 0.6) is 0 Å². The fourth-order valence-electron chi connectivity index (χ4n) is 1.07. The lowest BCUT2D eigenvalue weighted by atomic mass is 10.2. The van der Waals surface area contributed by atoms with Crippen molar-refractivity contribution in [1.29, 1.82) is 0 Å². The Morgan fingerprint density at radius 3 is 2.53 bits per heavy atom. The average Bonchev–Trinajstić information content (AvgIpc) is 2.00. The van der Waals surface area contributed by atoms with Crippen molar-refractivity contribution in [2.24, 2.45) is 0 Å². The molecule has 0 aromatic heterocycles. The smallest absolute Gasteiger partial charge is 0.390 e. The first kappa shape index (κ1) is 14.2. The second kappa shape index (κ2) is 6.66. The molecule has 0 radical (unpaired) electrons. The molecular formula is C9H16F3NO2. The van der Waals surface area contributed by atoms with Crippen LogP contribution in [0.15, 0.2) is 0 Å². The molecular weight excluding hydrogens is 211 g/mol. The van der Waals surface area contributed by atoms with Gasteiger partial charge in [0.2, 0.25) is 0 Å². The molecule has 0 saturated heterocycles. The molecule has 0 aliphatic rings. The van der Waals surface area contributed by atoms with Gasteiger partial charge in [-0.2, -0.15) is 13.2 Å². The summed E-state index contributed by atoms with van der Waals surface area (Å²) < 4.78 is 40.3. The Morgan fingerprint density at radius 2 is 2.07 bits per heavy atom. The van der Waals surface area contributed by atoms with Crippen LogP contribution in [0.25, 0.3) is 0 Å². The zero-order valence-corrected chi connectivity index (χ0v) is 8.86. The SMILES string of the molecule is CCOC(=O)CCNC(C)CC(F)(F)F. The second-order valence-corrected chi connectivity index (χ2v) is 3.23. The van der Waals surface area contributed by atoms with E-state index in [1.807, 2.05) is 0 Å². The molecule has 0 aromatic carbocycles. The van der Waals surface area contributed by atoms with Crippen LogP contribution in [0, 0.1) is 0 Å². The Morgan fingerprint density at radius 1 is 1.47 bits per heavy atom. The molecule has 3 nitrogen and oxygen atoms in total. The number of hydrogen-bond acceptors (Lipinski definition) is 3. The number of halogens is 3. The molecule has 90 valence electrons. The largest absolute Gasteiger partial charge is 0.466 e. The summed E-state index contributed by atoms with van der Waals surface area (Å²) in [6.45, 7) is 3.60. The first-order valence-electron chi connectivity index (χ1n) is 4.81. The molecule has 0 aliphatic carbocycles. The van der Waals surface area contributed by atoms with Crippen LogP contribution >= 0.6 is 0 Å². The van der Waals surface area contributed by atoms with E-state index in [-0.39, 0.29) is 19.6 Å². The Kier molecular flexibility index (Phi) is 6.31. The summed E-state index contributed by atoms with van der Waals surface area (Å²) in [6.07, 6.45) is -4.97. The monoisotopic (exact) mass is 227 g/mol. The zero-order chi connectivity index (χ0) is 11.9. The first-order chi connectivity index (χ1) is 6.85. The van der Waals surface area contributed by atoms with Gasteiger partial charge in [-0.25, -0.2) is 0 Å². The van der Waals surface area contributed by atoms with Crippen LogP contribution in [0.1, 0.15) is 26.7 Å². The molecule has 0 rings (SSSR count). The Hall–Kier alpha value is -0.780. The number of alkyl halides is 3. The molecule has 0 heterocycles. The predicted molar refractivity (Wildman–Crippen MR) is 49.4 cm³/mol. The van der Waals surface area contributed by atoms with Gasteiger partial charge in [0.05, 0.1) is 19.4 Å². The van der Waals surface area contributed by atoms with Crippen LogP contribution in [-0.2, 0) is 9.53 Å². The van der Waals surface area contributed by atoms with Gasteiger partial charge in [-0.05, 0) is 13.8 Å². The van der Waals surface area contributed by atoms with E-state index in [0.29, 0.717) is 0 Å². The zero-order valence-electron chi connectivity index (χ0n) is 8.86. The van der Waals surface area contributed by atoms with Gasteiger partial charge in [0.25, 0.3) is 0 Å². The summed E-state index contributed by atoms with van der Waals surface area (Å²) in [5.74, 6) is -0.399. The number of esters is 1. The highest BCUT2D eigenvalue weighted by molar-refractivity contribution is 5.69. The summed E-state index contributed by atoms with van der Waals surface area (Å²) in [4.78, 5) is 10.8. The molecule has 15 heavy (non-hydrogen) atoms. The molecule has 0 spiro atoms. The minimum absolute atomic E-state index is 0.0933. The Labute approximate surface area is 87.0 Å². The van der Waals surface area contributed by atoms with Gasteiger partial charge in [0, 0.05) is 12.6 Å². The van der Waals surface area contributed by atoms with Crippen molar-refractivity contribution in [2.75, 3.05) is 13.2 Å². The van der Waals surface area contributed by atoms with Crippen molar-refractivity contribution in [3.63, 3.8) is 0 Å². The quantitative estimate of drug-likeness (QED) is 0.704. The number of nitrogens with one attached hydrogen (secondary N) is 1. The van der Waals surface area contributed by atoms with E-state index in [1.54, 1.807) is 6.92 Å². The van der Waals surface area contributed by atoms with Gasteiger partial charge >= 0.3 is 12.1 Å². The topological polar surface area (TPSA) is 38.3 Å². The highest BCUT2D eigenvalue weighted by Crippen LogP contribution is 2.21. The summed E-state index contributed by atoms with van der Waals surface area (Å²) in [7, 11) is 0. The molecule has 1 unspecified atom stereocenters. The fraction of sp³-hybridized carbons (Fsp3) is 0.889. The number of carbonyl (C=O) groups excluding carboxylic acids is 1. The molecule has 0 aromatic rings. The van der Waals surface area contributed by atoms with Gasteiger partial charge in [0.1, 0.15) is 0 Å². The van der Waals surface area contributed by atoms with Crippen molar-refractivity contribution in [1.82, 2.24) is 5.32 Å². The highest BCUT2D eigenvalue weighted by atomic mass is 19.4. The van der Waals surface area contributed by atoms with Gasteiger partial charge < -0.3 is 10.1 Å². The Balaban J connectivity index is 3.55. The standard InChI is InChI=1S/C9H16F3NO2/c1-3-15-8(14)4-5-13-7(2)6-9(10,11)12/h7,13H,3-6H2,1-2H3. The van der Waals surface area contributed by atoms with E-state index in [4.69, 9.17) is 0 Å². The average molecular weight is 227 g/mol. The van der Waals surface area contributed by atoms with Gasteiger partial charge in [-0.3, -0.25) is 4.79 Å². The lowest BCUT2D eigenvalue weighted by Gasteiger charge is -2.15. The number of carbonyl (C=O) groups is 1. The summed E-state index contributed by atoms with van der Waals surface area (Å²) >= 11 is 0. The molecule has 0 aliphatic heterocycles. The third-order valence-electron chi connectivity index (χ3n) is 1.66. The highest BCUT2D eigenvalue weighted by Gasteiger charge is 2.29. The van der Waals surface area contributed by atoms with E-state index >= 15 is 0 Å². The van der Waals surface area contributed by atoms with Crippen molar-refractivity contribution in [2.45, 2.75) is 38.9 Å².